The Morgan fingerprint density at radius 3 is 2.36 bits per heavy atom. The molecular weight excluding hydrogens is 515 g/mol. The normalized spacial score (nSPS) is 11.5. The van der Waals surface area contributed by atoms with Crippen molar-refractivity contribution < 1.29 is 19.1 Å². The maximum Gasteiger partial charge on any atom is 0.279 e. The number of hydrogen-bond donors (Lipinski definition) is 2. The summed E-state index contributed by atoms with van der Waals surface area (Å²) in [5, 5.41) is 0.543. The summed E-state index contributed by atoms with van der Waals surface area (Å²) in [6, 6.07) is 8.74. The Balaban J connectivity index is 1.83. The van der Waals surface area contributed by atoms with E-state index in [-0.39, 0.29) is 6.61 Å². The first-order valence-electron chi connectivity index (χ1n) is 8.27. The minimum Gasteiger partial charge on any atom is -0.483 e. The first-order chi connectivity index (χ1) is 13.2. The monoisotopic (exact) mass is 532 g/mol. The molecule has 0 radical (unpaired) electrons. The van der Waals surface area contributed by atoms with Crippen molar-refractivity contribution >= 4 is 55.3 Å². The van der Waals surface area contributed by atoms with Crippen LogP contribution in [0.25, 0.3) is 0 Å². The lowest BCUT2D eigenvalue weighted by Gasteiger charge is -2.18. The van der Waals surface area contributed by atoms with Crippen LogP contribution in [0, 0.1) is 13.8 Å². The van der Waals surface area contributed by atoms with E-state index in [2.05, 4.69) is 42.7 Å². The van der Waals surface area contributed by atoms with Crippen molar-refractivity contribution in [2.24, 2.45) is 0 Å². The van der Waals surface area contributed by atoms with Gasteiger partial charge in [0.15, 0.2) is 12.7 Å². The summed E-state index contributed by atoms with van der Waals surface area (Å²) in [5.74, 6) is 0.0954. The summed E-state index contributed by atoms with van der Waals surface area (Å²) in [7, 11) is 0. The molecular formula is C19H19Br2ClN2O4. The molecule has 28 heavy (non-hydrogen) atoms. The number of benzene rings is 2. The Bertz CT molecular complexity index is 869. The number of hydrazine groups is 1. The Morgan fingerprint density at radius 2 is 1.75 bits per heavy atom. The summed E-state index contributed by atoms with van der Waals surface area (Å²) in [6.45, 7) is 5.11. The lowest BCUT2D eigenvalue weighted by molar-refractivity contribution is -0.133. The zero-order valence-corrected chi connectivity index (χ0v) is 19.4. The fraction of sp³-hybridized carbons (Fsp3) is 0.263. The number of carbonyl (C=O) groups is 2. The Hall–Kier alpha value is -1.77. The topological polar surface area (TPSA) is 76.7 Å². The molecule has 2 rings (SSSR count). The number of hydrogen-bond acceptors (Lipinski definition) is 4. The fourth-order valence-corrected chi connectivity index (χ4v) is 3.80. The SMILES string of the molecule is Cc1cc(Br)cc(C)c1OC(C)C(=O)NNC(=O)COc1ccc(Cl)cc1Br. The van der Waals surface area contributed by atoms with Gasteiger partial charge in [-0.05, 0) is 78.2 Å². The van der Waals surface area contributed by atoms with E-state index in [0.717, 1.165) is 15.6 Å². The second-order valence-electron chi connectivity index (χ2n) is 6.03. The van der Waals surface area contributed by atoms with Crippen LogP contribution in [0.3, 0.4) is 0 Å². The molecule has 0 heterocycles. The molecule has 0 bridgehead atoms. The Morgan fingerprint density at radius 1 is 1.11 bits per heavy atom. The van der Waals surface area contributed by atoms with Crippen molar-refractivity contribution in [1.29, 1.82) is 0 Å². The second kappa shape index (κ2) is 10.1. The van der Waals surface area contributed by atoms with Gasteiger partial charge in [-0.1, -0.05) is 27.5 Å². The molecule has 150 valence electrons. The molecule has 2 aromatic rings. The van der Waals surface area contributed by atoms with Crippen molar-refractivity contribution in [3.63, 3.8) is 0 Å². The Kier molecular flexibility index (Phi) is 8.15. The smallest absolute Gasteiger partial charge is 0.279 e. The van der Waals surface area contributed by atoms with E-state index in [1.807, 2.05) is 26.0 Å². The predicted octanol–water partition coefficient (Wildman–Crippen LogP) is 4.48. The van der Waals surface area contributed by atoms with Crippen LogP contribution in [0.15, 0.2) is 39.3 Å². The van der Waals surface area contributed by atoms with E-state index in [4.69, 9.17) is 21.1 Å². The van der Waals surface area contributed by atoms with Crippen LogP contribution in [0.4, 0.5) is 0 Å². The molecule has 6 nitrogen and oxygen atoms in total. The van der Waals surface area contributed by atoms with Crippen molar-refractivity contribution in [2.45, 2.75) is 26.9 Å². The molecule has 1 unspecified atom stereocenters. The summed E-state index contributed by atoms with van der Waals surface area (Å²) in [4.78, 5) is 24.1. The van der Waals surface area contributed by atoms with E-state index >= 15 is 0 Å². The van der Waals surface area contributed by atoms with Gasteiger partial charge in [0.25, 0.3) is 11.8 Å². The highest BCUT2D eigenvalue weighted by Crippen LogP contribution is 2.29. The van der Waals surface area contributed by atoms with Crippen molar-refractivity contribution in [2.75, 3.05) is 6.61 Å². The lowest BCUT2D eigenvalue weighted by atomic mass is 10.1. The minimum absolute atomic E-state index is 0.277. The van der Waals surface area contributed by atoms with Gasteiger partial charge in [0.2, 0.25) is 0 Å². The molecule has 2 amide bonds. The summed E-state index contributed by atoms with van der Waals surface area (Å²) in [5.41, 5.74) is 6.42. The van der Waals surface area contributed by atoms with E-state index in [1.54, 1.807) is 25.1 Å². The zero-order chi connectivity index (χ0) is 20.8. The van der Waals surface area contributed by atoms with Crippen LogP contribution in [0.2, 0.25) is 5.02 Å². The van der Waals surface area contributed by atoms with Gasteiger partial charge in [-0.25, -0.2) is 0 Å². The maximum absolute atomic E-state index is 12.2. The minimum atomic E-state index is -0.801. The molecule has 0 spiro atoms. The maximum atomic E-state index is 12.2. The number of rotatable bonds is 6. The number of halogens is 3. The third kappa shape index (κ3) is 6.39. The Labute approximate surface area is 185 Å². The van der Waals surface area contributed by atoms with Crippen LogP contribution in [0.5, 0.6) is 11.5 Å². The third-order valence-corrected chi connectivity index (χ3v) is 4.98. The van der Waals surface area contributed by atoms with Gasteiger partial charge in [0.1, 0.15) is 11.5 Å². The molecule has 0 aliphatic rings. The van der Waals surface area contributed by atoms with E-state index < -0.39 is 17.9 Å². The third-order valence-electron chi connectivity index (χ3n) is 3.67. The summed E-state index contributed by atoms with van der Waals surface area (Å²) < 4.78 is 12.7. The molecule has 0 saturated carbocycles. The molecule has 0 fully saturated rings. The van der Waals surface area contributed by atoms with Crippen LogP contribution in [-0.4, -0.2) is 24.5 Å². The number of amides is 2. The number of carbonyl (C=O) groups excluding carboxylic acids is 2. The molecule has 0 aliphatic carbocycles. The summed E-state index contributed by atoms with van der Waals surface area (Å²) >= 11 is 12.6. The zero-order valence-electron chi connectivity index (χ0n) is 15.4. The number of ether oxygens (including phenoxy) is 2. The highest BCUT2D eigenvalue weighted by atomic mass is 79.9. The van der Waals surface area contributed by atoms with Gasteiger partial charge in [-0.3, -0.25) is 20.4 Å². The van der Waals surface area contributed by atoms with Gasteiger partial charge in [0, 0.05) is 9.50 Å². The average Bonchev–Trinajstić information content (AvgIpc) is 2.61. The largest absolute Gasteiger partial charge is 0.483 e. The molecule has 9 heteroatoms. The predicted molar refractivity (Wildman–Crippen MR) is 115 cm³/mol. The van der Waals surface area contributed by atoms with E-state index in [9.17, 15) is 9.59 Å². The van der Waals surface area contributed by atoms with Crippen LogP contribution in [0.1, 0.15) is 18.1 Å². The van der Waals surface area contributed by atoms with Crippen LogP contribution in [-0.2, 0) is 9.59 Å². The van der Waals surface area contributed by atoms with Gasteiger partial charge < -0.3 is 9.47 Å². The molecule has 0 aromatic heterocycles. The number of aryl methyl sites for hydroxylation is 2. The quantitative estimate of drug-likeness (QED) is 0.536. The fourth-order valence-electron chi connectivity index (χ4n) is 2.32. The van der Waals surface area contributed by atoms with E-state index in [1.165, 1.54) is 0 Å². The highest BCUT2D eigenvalue weighted by Gasteiger charge is 2.18. The molecule has 0 saturated heterocycles. The second-order valence-corrected chi connectivity index (χ2v) is 8.24. The van der Waals surface area contributed by atoms with Crippen molar-refractivity contribution in [3.8, 4) is 11.5 Å². The summed E-state index contributed by atoms with van der Waals surface area (Å²) in [6.07, 6.45) is -0.801. The molecule has 2 aromatic carbocycles. The van der Waals surface area contributed by atoms with Crippen molar-refractivity contribution in [3.05, 3.63) is 55.4 Å². The molecule has 0 aliphatic heterocycles. The average molecular weight is 535 g/mol. The standard InChI is InChI=1S/C19H19Br2ClN2O4/c1-10-6-13(20)7-11(2)18(10)28-12(3)19(26)24-23-17(25)9-27-16-5-4-14(22)8-15(16)21/h4-8,12H,9H2,1-3H3,(H,23,25)(H,24,26). The molecule has 1 atom stereocenters. The first-order valence-corrected chi connectivity index (χ1v) is 10.2. The number of nitrogens with one attached hydrogen (secondary N) is 2. The van der Waals surface area contributed by atoms with Crippen molar-refractivity contribution in [1.82, 2.24) is 10.9 Å². The van der Waals surface area contributed by atoms with Gasteiger partial charge in [-0.15, -0.1) is 0 Å². The lowest BCUT2D eigenvalue weighted by Crippen LogP contribution is -2.48. The van der Waals surface area contributed by atoms with Crippen LogP contribution >= 0.6 is 43.5 Å². The van der Waals surface area contributed by atoms with Crippen LogP contribution < -0.4 is 20.3 Å². The highest BCUT2D eigenvalue weighted by molar-refractivity contribution is 9.10. The van der Waals surface area contributed by atoms with Gasteiger partial charge >= 0.3 is 0 Å². The molecule has 2 N–H and O–H groups in total. The van der Waals surface area contributed by atoms with E-state index in [0.29, 0.717) is 21.0 Å². The van der Waals surface area contributed by atoms with Gasteiger partial charge in [-0.2, -0.15) is 0 Å². The van der Waals surface area contributed by atoms with Gasteiger partial charge in [0.05, 0.1) is 4.47 Å². The first kappa shape index (κ1) is 22.5.